The molecule has 0 unspecified atom stereocenters. The molecule has 1 heterocycles. The van der Waals surface area contributed by atoms with Crippen LogP contribution in [0.25, 0.3) is 0 Å². The van der Waals surface area contributed by atoms with Crippen molar-refractivity contribution in [2.24, 2.45) is 0 Å². The van der Waals surface area contributed by atoms with E-state index in [0.717, 1.165) is 10.0 Å². The molecule has 0 atom stereocenters. The van der Waals surface area contributed by atoms with Crippen LogP contribution in [0.3, 0.4) is 0 Å². The number of halogens is 1. The van der Waals surface area contributed by atoms with Crippen LogP contribution in [0.1, 0.15) is 5.56 Å². The van der Waals surface area contributed by atoms with Gasteiger partial charge in [0.05, 0.1) is 13.2 Å². The third-order valence-corrected chi connectivity index (χ3v) is 4.71. The van der Waals surface area contributed by atoms with Gasteiger partial charge in [0.15, 0.2) is 0 Å². The highest BCUT2D eigenvalue weighted by molar-refractivity contribution is 9.10. The molecule has 1 aromatic rings. The molecule has 0 amide bonds. The highest BCUT2D eigenvalue weighted by Crippen LogP contribution is 2.12. The highest BCUT2D eigenvalue weighted by Gasteiger charge is 2.23. The Balaban J connectivity index is 1.96. The van der Waals surface area contributed by atoms with E-state index in [-0.39, 0.29) is 0 Å². The molecule has 5 nitrogen and oxygen atoms in total. The summed E-state index contributed by atoms with van der Waals surface area (Å²) in [6.07, 6.45) is 0. The first-order valence-corrected chi connectivity index (χ1v) is 7.88. The predicted octanol–water partition coefficient (Wildman–Crippen LogP) is 1.12. The van der Waals surface area contributed by atoms with Crippen LogP contribution in [0.2, 0.25) is 0 Å². The van der Waals surface area contributed by atoms with Crippen molar-refractivity contribution >= 4 is 26.1 Å². The molecule has 0 spiro atoms. The number of hydrogen-bond donors (Lipinski definition) is 1. The minimum absolute atomic E-state index is 0.291. The lowest BCUT2D eigenvalue weighted by Crippen LogP contribution is -2.46. The van der Waals surface area contributed by atoms with Gasteiger partial charge >= 0.3 is 0 Å². The van der Waals surface area contributed by atoms with E-state index in [0.29, 0.717) is 32.8 Å². The first-order chi connectivity index (χ1) is 8.58. The molecule has 0 bridgehead atoms. The number of ether oxygens (including phenoxy) is 1. The quantitative estimate of drug-likeness (QED) is 0.897. The van der Waals surface area contributed by atoms with Crippen LogP contribution in [0.4, 0.5) is 0 Å². The Labute approximate surface area is 115 Å². The van der Waals surface area contributed by atoms with Crippen molar-refractivity contribution in [2.45, 2.75) is 6.54 Å². The van der Waals surface area contributed by atoms with Gasteiger partial charge in [-0.3, -0.25) is 0 Å². The number of morpholine rings is 1. The molecule has 0 aromatic heterocycles. The average molecular weight is 335 g/mol. The molecule has 0 aliphatic carbocycles. The van der Waals surface area contributed by atoms with Crippen LogP contribution in [0.5, 0.6) is 0 Å². The summed E-state index contributed by atoms with van der Waals surface area (Å²) in [6, 6.07) is 7.55. The van der Waals surface area contributed by atoms with Gasteiger partial charge in [-0.2, -0.15) is 17.4 Å². The Hall–Kier alpha value is -0.470. The van der Waals surface area contributed by atoms with Crippen molar-refractivity contribution in [1.29, 1.82) is 0 Å². The summed E-state index contributed by atoms with van der Waals surface area (Å²) in [5.74, 6) is 0. The predicted molar refractivity (Wildman–Crippen MR) is 72.3 cm³/mol. The van der Waals surface area contributed by atoms with E-state index in [1.807, 2.05) is 24.3 Å². The van der Waals surface area contributed by atoms with Crippen molar-refractivity contribution in [3.05, 3.63) is 34.3 Å². The topological polar surface area (TPSA) is 58.6 Å². The van der Waals surface area contributed by atoms with E-state index in [1.165, 1.54) is 4.31 Å². The third-order valence-electron chi connectivity index (χ3n) is 2.66. The van der Waals surface area contributed by atoms with Crippen LogP contribution in [0, 0.1) is 0 Å². The molecule has 1 aliphatic heterocycles. The van der Waals surface area contributed by atoms with Gasteiger partial charge in [0.1, 0.15) is 0 Å². The van der Waals surface area contributed by atoms with Gasteiger partial charge in [-0.05, 0) is 17.7 Å². The van der Waals surface area contributed by atoms with Gasteiger partial charge in [-0.15, -0.1) is 0 Å². The van der Waals surface area contributed by atoms with Crippen molar-refractivity contribution in [1.82, 2.24) is 9.03 Å². The molecule has 1 saturated heterocycles. The van der Waals surface area contributed by atoms with Crippen LogP contribution in [-0.4, -0.2) is 39.0 Å². The minimum Gasteiger partial charge on any atom is -0.379 e. The van der Waals surface area contributed by atoms with E-state index in [9.17, 15) is 8.42 Å². The van der Waals surface area contributed by atoms with Crippen LogP contribution in [0.15, 0.2) is 28.7 Å². The van der Waals surface area contributed by atoms with E-state index in [4.69, 9.17) is 4.74 Å². The molecule has 0 saturated carbocycles. The summed E-state index contributed by atoms with van der Waals surface area (Å²) in [5.41, 5.74) is 0.918. The van der Waals surface area contributed by atoms with Crippen molar-refractivity contribution in [2.75, 3.05) is 26.3 Å². The second-order valence-electron chi connectivity index (χ2n) is 3.97. The van der Waals surface area contributed by atoms with E-state index < -0.39 is 10.2 Å². The normalized spacial score (nSPS) is 17.8. The Morgan fingerprint density at radius 2 is 2.06 bits per heavy atom. The van der Waals surface area contributed by atoms with Crippen LogP contribution in [-0.2, 0) is 21.5 Å². The smallest absolute Gasteiger partial charge is 0.279 e. The van der Waals surface area contributed by atoms with Crippen molar-refractivity contribution in [3.63, 3.8) is 0 Å². The second-order valence-corrected chi connectivity index (χ2v) is 6.64. The van der Waals surface area contributed by atoms with E-state index >= 15 is 0 Å². The van der Waals surface area contributed by atoms with E-state index in [2.05, 4.69) is 20.7 Å². The zero-order chi connectivity index (χ0) is 13.0. The summed E-state index contributed by atoms with van der Waals surface area (Å²) in [6.45, 7) is 2.02. The lowest BCUT2D eigenvalue weighted by molar-refractivity contribution is 0.0725. The molecule has 0 radical (unpaired) electrons. The third kappa shape index (κ3) is 3.76. The molecular weight excluding hydrogens is 320 g/mol. The maximum Gasteiger partial charge on any atom is 0.279 e. The van der Waals surface area contributed by atoms with Crippen molar-refractivity contribution < 1.29 is 13.2 Å². The Kier molecular flexibility index (Phi) is 4.74. The number of nitrogens with one attached hydrogen (secondary N) is 1. The fraction of sp³-hybridized carbons (Fsp3) is 0.455. The monoisotopic (exact) mass is 334 g/mol. The maximum absolute atomic E-state index is 12.0. The standard InChI is InChI=1S/C11H15BrN2O3S/c12-11-3-1-2-10(8-11)9-13-18(15,16)14-4-6-17-7-5-14/h1-3,8,13H,4-7,9H2. The molecule has 1 fully saturated rings. The molecule has 7 heteroatoms. The summed E-state index contributed by atoms with van der Waals surface area (Å²) < 4.78 is 34.1. The SMILES string of the molecule is O=S(=O)(NCc1cccc(Br)c1)N1CCOCC1. The summed E-state index contributed by atoms with van der Waals surface area (Å²) in [7, 11) is -3.41. The molecule has 100 valence electrons. The number of rotatable bonds is 4. The first-order valence-electron chi connectivity index (χ1n) is 5.65. The Bertz CT molecular complexity index is 501. The summed E-state index contributed by atoms with van der Waals surface area (Å²) in [4.78, 5) is 0. The zero-order valence-corrected chi connectivity index (χ0v) is 12.2. The van der Waals surface area contributed by atoms with Gasteiger partial charge in [0.25, 0.3) is 10.2 Å². The second kappa shape index (κ2) is 6.12. The van der Waals surface area contributed by atoms with Gasteiger partial charge in [0.2, 0.25) is 0 Å². The molecule has 1 aromatic carbocycles. The fourth-order valence-corrected chi connectivity index (χ4v) is 3.31. The number of benzene rings is 1. The lowest BCUT2D eigenvalue weighted by atomic mass is 10.2. The summed E-state index contributed by atoms with van der Waals surface area (Å²) >= 11 is 3.36. The lowest BCUT2D eigenvalue weighted by Gasteiger charge is -2.26. The molecule has 1 N–H and O–H groups in total. The zero-order valence-electron chi connectivity index (χ0n) is 9.80. The Morgan fingerprint density at radius 1 is 1.33 bits per heavy atom. The largest absolute Gasteiger partial charge is 0.379 e. The number of nitrogens with zero attached hydrogens (tertiary/aromatic N) is 1. The highest BCUT2D eigenvalue weighted by atomic mass is 79.9. The van der Waals surface area contributed by atoms with Gasteiger partial charge in [-0.1, -0.05) is 28.1 Å². The van der Waals surface area contributed by atoms with Crippen LogP contribution < -0.4 is 4.72 Å². The van der Waals surface area contributed by atoms with Crippen molar-refractivity contribution in [3.8, 4) is 0 Å². The first kappa shape index (κ1) is 14.0. The fourth-order valence-electron chi connectivity index (χ4n) is 1.70. The molecule has 18 heavy (non-hydrogen) atoms. The molecular formula is C11H15BrN2O3S. The van der Waals surface area contributed by atoms with Gasteiger partial charge in [0, 0.05) is 24.1 Å². The maximum atomic E-state index is 12.0. The Morgan fingerprint density at radius 3 is 2.72 bits per heavy atom. The minimum atomic E-state index is -3.41. The van der Waals surface area contributed by atoms with Gasteiger partial charge in [-0.25, -0.2) is 0 Å². The van der Waals surface area contributed by atoms with E-state index in [1.54, 1.807) is 0 Å². The molecule has 2 rings (SSSR count). The van der Waals surface area contributed by atoms with Gasteiger partial charge < -0.3 is 4.74 Å². The number of hydrogen-bond acceptors (Lipinski definition) is 3. The average Bonchev–Trinajstić information content (AvgIpc) is 2.38. The molecule has 1 aliphatic rings. The summed E-state index contributed by atoms with van der Waals surface area (Å²) in [5, 5.41) is 0. The van der Waals surface area contributed by atoms with Crippen LogP contribution >= 0.6 is 15.9 Å².